The number of aromatic amines is 1. The number of amides is 1. The zero-order valence-electron chi connectivity index (χ0n) is 17.4. The second kappa shape index (κ2) is 8.21. The topological polar surface area (TPSA) is 68.4 Å². The van der Waals surface area contributed by atoms with Crippen LogP contribution in [-0.4, -0.2) is 77.5 Å². The predicted octanol–water partition coefficient (Wildman–Crippen LogP) is 2.86. The van der Waals surface area contributed by atoms with Crippen LogP contribution in [0.1, 0.15) is 23.7 Å². The maximum Gasteiger partial charge on any atom is 0.253 e. The molecule has 7 heteroatoms. The number of benzene rings is 1. The Hall–Kier alpha value is -2.93. The summed E-state index contributed by atoms with van der Waals surface area (Å²) in [5.74, 6) is 0.830. The number of piperazine rings is 1. The first kappa shape index (κ1) is 19.4. The molecule has 1 aromatic carbocycles. The highest BCUT2D eigenvalue weighted by molar-refractivity contribution is 5.95. The minimum atomic E-state index is 0.107. The molecule has 0 radical (unpaired) electrons. The van der Waals surface area contributed by atoms with Crippen molar-refractivity contribution < 1.29 is 4.79 Å². The Morgan fingerprint density at radius 1 is 1.17 bits per heavy atom. The van der Waals surface area contributed by atoms with Crippen molar-refractivity contribution in [2.45, 2.75) is 13.3 Å². The fourth-order valence-corrected chi connectivity index (χ4v) is 3.67. The highest BCUT2D eigenvalue weighted by atomic mass is 16.2. The van der Waals surface area contributed by atoms with Crippen LogP contribution in [-0.2, 0) is 0 Å². The van der Waals surface area contributed by atoms with E-state index in [0.717, 1.165) is 72.9 Å². The highest BCUT2D eigenvalue weighted by Crippen LogP contribution is 2.24. The van der Waals surface area contributed by atoms with Crippen molar-refractivity contribution in [2.75, 3.05) is 51.7 Å². The third kappa shape index (κ3) is 4.10. The van der Waals surface area contributed by atoms with E-state index in [1.807, 2.05) is 42.4 Å². The first-order chi connectivity index (χ1) is 14.0. The molecule has 7 nitrogen and oxygen atoms in total. The third-order valence-electron chi connectivity index (χ3n) is 5.49. The third-order valence-corrected chi connectivity index (χ3v) is 5.49. The Morgan fingerprint density at radius 2 is 1.90 bits per heavy atom. The van der Waals surface area contributed by atoms with E-state index in [4.69, 9.17) is 0 Å². The number of hydrogen-bond acceptors (Lipinski definition) is 5. The first-order valence-electron chi connectivity index (χ1n) is 10.2. The second-order valence-electron chi connectivity index (χ2n) is 7.75. The number of carbonyl (C=O) groups is 1. The van der Waals surface area contributed by atoms with E-state index in [0.29, 0.717) is 0 Å². The van der Waals surface area contributed by atoms with Gasteiger partial charge in [-0.05, 0) is 37.2 Å². The maximum atomic E-state index is 12.7. The lowest BCUT2D eigenvalue weighted by Gasteiger charge is -2.32. The number of aromatic nitrogens is 3. The van der Waals surface area contributed by atoms with E-state index >= 15 is 0 Å². The molecule has 0 unspecified atom stereocenters. The summed E-state index contributed by atoms with van der Waals surface area (Å²) in [5, 5.41) is 0.978. The van der Waals surface area contributed by atoms with Crippen molar-refractivity contribution in [3.05, 3.63) is 42.1 Å². The Labute approximate surface area is 171 Å². The van der Waals surface area contributed by atoms with Gasteiger partial charge in [0, 0.05) is 62.6 Å². The number of H-pyrrole nitrogens is 1. The largest absolute Gasteiger partial charge is 0.344 e. The Kier molecular flexibility index (Phi) is 5.49. The quantitative estimate of drug-likeness (QED) is 0.723. The van der Waals surface area contributed by atoms with Gasteiger partial charge in [-0.1, -0.05) is 19.1 Å². The van der Waals surface area contributed by atoms with Crippen LogP contribution in [0.15, 0.2) is 36.5 Å². The molecule has 0 spiro atoms. The van der Waals surface area contributed by atoms with E-state index < -0.39 is 0 Å². The molecule has 3 heterocycles. The number of nitrogens with one attached hydrogen (secondary N) is 1. The number of likely N-dealkylation sites (N-methyl/N-ethyl adjacent to an activating group) is 1. The molecule has 0 atom stereocenters. The van der Waals surface area contributed by atoms with E-state index in [-0.39, 0.29) is 5.91 Å². The molecular formula is C22H28N6O. The fraction of sp³-hybridized carbons (Fsp3) is 0.409. The second-order valence-corrected chi connectivity index (χ2v) is 7.75. The van der Waals surface area contributed by atoms with Gasteiger partial charge in [0.25, 0.3) is 5.91 Å². The molecule has 1 saturated heterocycles. The molecule has 2 aromatic heterocycles. The summed E-state index contributed by atoms with van der Waals surface area (Å²) in [6.07, 6.45) is 2.90. The molecule has 0 bridgehead atoms. The zero-order chi connectivity index (χ0) is 20.4. The van der Waals surface area contributed by atoms with Crippen LogP contribution in [0.25, 0.3) is 22.3 Å². The number of anilines is 1. The molecule has 1 aliphatic heterocycles. The van der Waals surface area contributed by atoms with Gasteiger partial charge in [0.2, 0.25) is 5.95 Å². The van der Waals surface area contributed by atoms with E-state index in [2.05, 4.69) is 44.8 Å². The predicted molar refractivity (Wildman–Crippen MR) is 116 cm³/mol. The van der Waals surface area contributed by atoms with Crippen LogP contribution in [0.3, 0.4) is 0 Å². The molecule has 1 N–H and O–H groups in total. The van der Waals surface area contributed by atoms with Crippen LogP contribution in [0.2, 0.25) is 0 Å². The molecule has 1 amide bonds. The summed E-state index contributed by atoms with van der Waals surface area (Å²) < 4.78 is 0. The highest BCUT2D eigenvalue weighted by Gasteiger charge is 2.20. The molecule has 0 aliphatic carbocycles. The van der Waals surface area contributed by atoms with Gasteiger partial charge in [0.1, 0.15) is 5.65 Å². The van der Waals surface area contributed by atoms with Gasteiger partial charge in [0.15, 0.2) is 0 Å². The lowest BCUT2D eigenvalue weighted by Crippen LogP contribution is -2.47. The number of rotatable bonds is 5. The van der Waals surface area contributed by atoms with E-state index in [1.165, 1.54) is 0 Å². The van der Waals surface area contributed by atoms with E-state index in [1.54, 1.807) is 0 Å². The van der Waals surface area contributed by atoms with Crippen molar-refractivity contribution in [1.29, 1.82) is 0 Å². The first-order valence-corrected chi connectivity index (χ1v) is 10.2. The van der Waals surface area contributed by atoms with Gasteiger partial charge < -0.3 is 19.7 Å². The van der Waals surface area contributed by atoms with Crippen LogP contribution in [0.4, 0.5) is 5.95 Å². The van der Waals surface area contributed by atoms with Gasteiger partial charge in [0.05, 0.1) is 0 Å². The van der Waals surface area contributed by atoms with Gasteiger partial charge in [-0.15, -0.1) is 0 Å². The Bertz CT molecular complexity index is 988. The summed E-state index contributed by atoms with van der Waals surface area (Å²) in [7, 11) is 4.09. The maximum absolute atomic E-state index is 12.7. The van der Waals surface area contributed by atoms with Crippen LogP contribution >= 0.6 is 0 Å². The molecule has 3 aromatic rings. The van der Waals surface area contributed by atoms with Crippen molar-refractivity contribution in [1.82, 2.24) is 24.8 Å². The van der Waals surface area contributed by atoms with Crippen molar-refractivity contribution in [3.8, 4) is 11.3 Å². The molecule has 4 rings (SSSR count). The van der Waals surface area contributed by atoms with Gasteiger partial charge >= 0.3 is 0 Å². The van der Waals surface area contributed by atoms with Crippen LogP contribution in [0.5, 0.6) is 0 Å². The summed E-state index contributed by atoms with van der Waals surface area (Å²) in [4.78, 5) is 31.5. The van der Waals surface area contributed by atoms with E-state index in [9.17, 15) is 4.79 Å². The van der Waals surface area contributed by atoms with Crippen molar-refractivity contribution in [3.63, 3.8) is 0 Å². The zero-order valence-corrected chi connectivity index (χ0v) is 17.4. The van der Waals surface area contributed by atoms with Gasteiger partial charge in [-0.3, -0.25) is 4.79 Å². The Morgan fingerprint density at radius 3 is 2.59 bits per heavy atom. The summed E-state index contributed by atoms with van der Waals surface area (Å²) in [6.45, 7) is 6.48. The molecule has 29 heavy (non-hydrogen) atoms. The minimum absolute atomic E-state index is 0.107. The number of nitrogens with zero attached hydrogens (tertiary/aromatic N) is 5. The lowest BCUT2D eigenvalue weighted by atomic mass is 10.1. The van der Waals surface area contributed by atoms with Gasteiger partial charge in [-0.25, -0.2) is 4.98 Å². The normalized spacial score (nSPS) is 15.1. The average molecular weight is 393 g/mol. The smallest absolute Gasteiger partial charge is 0.253 e. The molecule has 1 fully saturated rings. The Balaban J connectivity index is 1.52. The number of fused-ring (bicyclic) bond motifs is 1. The molecule has 152 valence electrons. The lowest BCUT2D eigenvalue weighted by molar-refractivity contribution is 0.0664. The van der Waals surface area contributed by atoms with Crippen molar-refractivity contribution >= 4 is 22.9 Å². The average Bonchev–Trinajstić information content (AvgIpc) is 3.17. The minimum Gasteiger partial charge on any atom is -0.344 e. The van der Waals surface area contributed by atoms with Crippen molar-refractivity contribution in [2.24, 2.45) is 0 Å². The van der Waals surface area contributed by atoms with Gasteiger partial charge in [-0.2, -0.15) is 4.98 Å². The summed E-state index contributed by atoms with van der Waals surface area (Å²) >= 11 is 0. The summed E-state index contributed by atoms with van der Waals surface area (Å²) in [5.41, 5.74) is 3.56. The number of hydrogen-bond donors (Lipinski definition) is 1. The fourth-order valence-electron chi connectivity index (χ4n) is 3.67. The molecule has 1 aliphatic rings. The standard InChI is InChI=1S/C22H28N6O/c1-4-9-27(3)22-23-15-18-14-19(24-20(18)25-22)16-5-7-17(8-6-16)21(29)28-12-10-26(2)11-13-28/h5-8,14-15H,4,9-13H2,1-3H3,(H,23,24,25). The summed E-state index contributed by atoms with van der Waals surface area (Å²) in [6, 6.07) is 9.86. The molecular weight excluding hydrogens is 364 g/mol. The SMILES string of the molecule is CCCN(C)c1ncc2cc(-c3ccc(C(=O)N4CCN(C)CC4)cc3)[nH]c2n1. The van der Waals surface area contributed by atoms with Crippen LogP contribution < -0.4 is 4.90 Å². The monoisotopic (exact) mass is 392 g/mol. The number of carbonyl (C=O) groups excluding carboxylic acids is 1. The molecule has 0 saturated carbocycles. The van der Waals surface area contributed by atoms with Crippen LogP contribution in [0, 0.1) is 0 Å².